The number of hydrogen-bond acceptors (Lipinski definition) is 9. The third kappa shape index (κ3) is 9.46. The highest BCUT2D eigenvalue weighted by molar-refractivity contribution is 5.76. The van der Waals surface area contributed by atoms with Crippen LogP contribution in [0, 0.1) is 0 Å². The molecule has 0 aliphatic heterocycles. The second-order valence-corrected chi connectivity index (χ2v) is 7.53. The van der Waals surface area contributed by atoms with E-state index in [0.29, 0.717) is 11.3 Å². The summed E-state index contributed by atoms with van der Waals surface area (Å²) < 4.78 is 20.7. The molecule has 10 nitrogen and oxygen atoms in total. The van der Waals surface area contributed by atoms with Crippen molar-refractivity contribution in [2.45, 2.75) is 52.2 Å². The van der Waals surface area contributed by atoms with Gasteiger partial charge in [-0.05, 0) is 43.2 Å². The van der Waals surface area contributed by atoms with Gasteiger partial charge in [-0.3, -0.25) is 14.4 Å². The Labute approximate surface area is 203 Å². The van der Waals surface area contributed by atoms with Crippen LogP contribution in [-0.4, -0.2) is 47.9 Å². The molecule has 2 aromatic carbocycles. The molecular weight excluding hydrogens is 458 g/mol. The number of nitrogens with one attached hydrogen (secondary N) is 1. The lowest BCUT2D eigenvalue weighted by atomic mass is 10.0. The van der Waals surface area contributed by atoms with Gasteiger partial charge in [0.2, 0.25) is 0 Å². The van der Waals surface area contributed by atoms with E-state index in [9.17, 15) is 24.3 Å². The minimum Gasteiger partial charge on any atom is -0.480 e. The Kier molecular flexibility index (Phi) is 10.7. The summed E-state index contributed by atoms with van der Waals surface area (Å²) in [5.41, 5.74) is 0.525. The van der Waals surface area contributed by atoms with Gasteiger partial charge in [0.1, 0.15) is 17.9 Å². The number of aliphatic carboxylic acids is 1. The molecule has 0 heterocycles. The predicted octanol–water partition coefficient (Wildman–Crippen LogP) is 3.51. The lowest BCUT2D eigenvalue weighted by Gasteiger charge is -2.19. The molecule has 0 saturated carbocycles. The van der Waals surface area contributed by atoms with E-state index in [1.165, 1.54) is 12.1 Å². The first-order chi connectivity index (χ1) is 16.7. The summed E-state index contributed by atoms with van der Waals surface area (Å²) >= 11 is 0. The molecule has 0 spiro atoms. The van der Waals surface area contributed by atoms with Gasteiger partial charge in [0.25, 0.3) is 0 Å². The number of ether oxygens (including phenoxy) is 4. The lowest BCUT2D eigenvalue weighted by molar-refractivity contribution is -0.139. The third-order valence-corrected chi connectivity index (χ3v) is 4.66. The molecule has 0 fully saturated rings. The van der Waals surface area contributed by atoms with Gasteiger partial charge in [0, 0.05) is 19.4 Å². The molecule has 0 amide bonds. The van der Waals surface area contributed by atoms with Crippen molar-refractivity contribution in [2.75, 3.05) is 6.54 Å². The number of esters is 2. The average Bonchev–Trinajstić information content (AvgIpc) is 2.83. The summed E-state index contributed by atoms with van der Waals surface area (Å²) in [6.07, 6.45) is -1.32. The van der Waals surface area contributed by atoms with Crippen molar-refractivity contribution in [3.05, 3.63) is 54.1 Å². The first-order valence-corrected chi connectivity index (χ1v) is 11.2. The first-order valence-electron chi connectivity index (χ1n) is 11.2. The molecule has 188 valence electrons. The highest BCUT2D eigenvalue weighted by atomic mass is 16.7. The van der Waals surface area contributed by atoms with Gasteiger partial charge in [-0.15, -0.1) is 0 Å². The number of benzene rings is 2. The molecule has 2 aromatic rings. The fourth-order valence-corrected chi connectivity index (χ4v) is 2.84. The maximum absolute atomic E-state index is 11.9. The molecule has 0 aliphatic carbocycles. The average molecular weight is 488 g/mol. The molecule has 0 aliphatic rings. The first kappa shape index (κ1) is 27.3. The summed E-state index contributed by atoms with van der Waals surface area (Å²) in [7, 11) is 0. The summed E-state index contributed by atoms with van der Waals surface area (Å²) in [5.74, 6) is -1.73. The van der Waals surface area contributed by atoms with Crippen LogP contribution in [0.1, 0.15) is 39.2 Å². The van der Waals surface area contributed by atoms with Gasteiger partial charge in [-0.1, -0.05) is 38.1 Å². The fraction of sp³-hybridized carbons (Fsp3) is 0.360. The van der Waals surface area contributed by atoms with Crippen LogP contribution in [0.25, 0.3) is 0 Å². The van der Waals surface area contributed by atoms with Crippen molar-refractivity contribution >= 4 is 24.1 Å². The van der Waals surface area contributed by atoms with Crippen molar-refractivity contribution in [1.82, 2.24) is 5.32 Å². The van der Waals surface area contributed by atoms with Crippen LogP contribution >= 0.6 is 0 Å². The molecule has 0 saturated heterocycles. The van der Waals surface area contributed by atoms with Crippen LogP contribution in [0.5, 0.6) is 17.2 Å². The topological polar surface area (TPSA) is 137 Å². The van der Waals surface area contributed by atoms with Gasteiger partial charge in [-0.25, -0.2) is 4.79 Å². The van der Waals surface area contributed by atoms with E-state index in [-0.39, 0.29) is 37.3 Å². The quantitative estimate of drug-likeness (QED) is 0.260. The molecule has 10 heteroatoms. The fourth-order valence-electron chi connectivity index (χ4n) is 2.84. The number of rotatable bonds is 12. The highest BCUT2D eigenvalue weighted by Crippen LogP contribution is 2.30. The van der Waals surface area contributed by atoms with Crippen LogP contribution in [0.4, 0.5) is 4.79 Å². The second kappa shape index (κ2) is 13.7. The maximum atomic E-state index is 11.9. The Morgan fingerprint density at radius 1 is 0.886 bits per heavy atom. The highest BCUT2D eigenvalue weighted by Gasteiger charge is 2.22. The molecule has 0 radical (unpaired) electrons. The van der Waals surface area contributed by atoms with Gasteiger partial charge < -0.3 is 29.4 Å². The van der Waals surface area contributed by atoms with Crippen LogP contribution < -0.4 is 19.5 Å². The van der Waals surface area contributed by atoms with Crippen LogP contribution in [-0.2, 0) is 25.5 Å². The summed E-state index contributed by atoms with van der Waals surface area (Å²) in [4.78, 5) is 47.2. The third-order valence-electron chi connectivity index (χ3n) is 4.66. The molecule has 35 heavy (non-hydrogen) atoms. The molecule has 2 rings (SSSR count). The van der Waals surface area contributed by atoms with E-state index in [1.807, 2.05) is 0 Å². The predicted molar refractivity (Wildman–Crippen MR) is 124 cm³/mol. The van der Waals surface area contributed by atoms with Crippen LogP contribution in [0.15, 0.2) is 48.5 Å². The number of carbonyl (C=O) groups is 4. The molecule has 1 unspecified atom stereocenters. The molecule has 2 N–H and O–H groups in total. The lowest BCUT2D eigenvalue weighted by Crippen LogP contribution is -2.42. The smallest absolute Gasteiger partial charge is 0.480 e. The van der Waals surface area contributed by atoms with Crippen LogP contribution in [0.2, 0.25) is 0 Å². The normalized spacial score (nSPS) is 12.2. The number of para-hydroxylation sites is 1. The van der Waals surface area contributed by atoms with E-state index < -0.39 is 36.2 Å². The number of carboxylic acid groups (broad SMARTS) is 1. The largest absolute Gasteiger partial charge is 0.514 e. The van der Waals surface area contributed by atoms with E-state index in [2.05, 4.69) is 5.32 Å². The van der Waals surface area contributed by atoms with Crippen molar-refractivity contribution in [3.8, 4) is 17.2 Å². The van der Waals surface area contributed by atoms with Crippen LogP contribution in [0.3, 0.4) is 0 Å². The zero-order chi connectivity index (χ0) is 25.8. The SMILES string of the molecule is CCC(=O)Oc1ccc(C[C@H](NCC(C)OC(=O)Oc2ccccc2)C(=O)O)cc1OC(=O)CC. The Morgan fingerprint density at radius 2 is 1.51 bits per heavy atom. The minimum atomic E-state index is -1.13. The standard InChI is InChI=1S/C25H29NO9/c1-4-22(27)34-20-12-11-17(14-21(20)35-23(28)5-2)13-19(24(29)30)26-15-16(3)32-25(31)33-18-9-7-6-8-10-18/h6-12,14,16,19,26H,4-5,13,15H2,1-3H3,(H,29,30)/t16?,19-/m0/s1. The second-order valence-electron chi connectivity index (χ2n) is 7.53. The maximum Gasteiger partial charge on any atom is 0.514 e. The van der Waals surface area contributed by atoms with Gasteiger partial charge in [-0.2, -0.15) is 0 Å². The van der Waals surface area contributed by atoms with Crippen molar-refractivity contribution in [1.29, 1.82) is 0 Å². The Hall–Kier alpha value is -3.92. The molecule has 0 bridgehead atoms. The molecule has 0 aromatic heterocycles. The van der Waals surface area contributed by atoms with Crippen molar-refractivity contribution < 1.29 is 43.2 Å². The number of carboxylic acids is 1. The summed E-state index contributed by atoms with van der Waals surface area (Å²) in [5, 5.41) is 12.5. The zero-order valence-corrected chi connectivity index (χ0v) is 19.8. The summed E-state index contributed by atoms with van der Waals surface area (Å²) in [6, 6.07) is 11.8. The Balaban J connectivity index is 2.01. The van der Waals surface area contributed by atoms with E-state index in [0.717, 1.165) is 0 Å². The van der Waals surface area contributed by atoms with E-state index in [1.54, 1.807) is 57.2 Å². The summed E-state index contributed by atoms with van der Waals surface area (Å²) in [6.45, 7) is 4.89. The zero-order valence-electron chi connectivity index (χ0n) is 19.8. The van der Waals surface area contributed by atoms with E-state index >= 15 is 0 Å². The molecular formula is C25H29NO9. The minimum absolute atomic E-state index is 0.0230. The van der Waals surface area contributed by atoms with Gasteiger partial charge >= 0.3 is 24.1 Å². The van der Waals surface area contributed by atoms with Gasteiger partial charge in [0.15, 0.2) is 11.5 Å². The number of carbonyl (C=O) groups excluding carboxylic acids is 3. The number of hydrogen-bond donors (Lipinski definition) is 2. The Bertz CT molecular complexity index is 1020. The molecule has 2 atom stereocenters. The van der Waals surface area contributed by atoms with Gasteiger partial charge in [0.05, 0.1) is 0 Å². The van der Waals surface area contributed by atoms with Crippen molar-refractivity contribution in [2.24, 2.45) is 0 Å². The Morgan fingerprint density at radius 3 is 2.11 bits per heavy atom. The monoisotopic (exact) mass is 487 g/mol. The van der Waals surface area contributed by atoms with Crippen molar-refractivity contribution in [3.63, 3.8) is 0 Å². The van der Waals surface area contributed by atoms with E-state index in [4.69, 9.17) is 18.9 Å².